The number of para-hydroxylation sites is 1. The molecular formula is C21H18N2O2. The fraction of sp³-hybridized carbons (Fsp3) is 0.238. The molecule has 0 bridgehead atoms. The Morgan fingerprint density at radius 1 is 1.04 bits per heavy atom. The minimum absolute atomic E-state index is 0.0691. The van der Waals surface area contributed by atoms with Crippen molar-refractivity contribution in [2.75, 3.05) is 6.54 Å². The molecule has 1 aromatic heterocycles. The van der Waals surface area contributed by atoms with Crippen molar-refractivity contribution >= 4 is 22.6 Å². The molecule has 0 spiro atoms. The summed E-state index contributed by atoms with van der Waals surface area (Å²) < 4.78 is 0. The average molecular weight is 330 g/mol. The molecule has 0 aliphatic carbocycles. The molecule has 3 heterocycles. The van der Waals surface area contributed by atoms with Crippen LogP contribution in [0.4, 0.5) is 0 Å². The third-order valence-corrected chi connectivity index (χ3v) is 5.55. The number of carbonyl (C=O) groups is 2. The average Bonchev–Trinajstić information content (AvgIpc) is 3.19. The van der Waals surface area contributed by atoms with E-state index >= 15 is 0 Å². The van der Waals surface area contributed by atoms with Crippen LogP contribution >= 0.6 is 0 Å². The van der Waals surface area contributed by atoms with Crippen LogP contribution < -0.4 is 0 Å². The Morgan fingerprint density at radius 3 is 2.64 bits per heavy atom. The van der Waals surface area contributed by atoms with Gasteiger partial charge in [0.05, 0.1) is 12.0 Å². The summed E-state index contributed by atoms with van der Waals surface area (Å²) in [6.45, 7) is 0.682. The molecule has 124 valence electrons. The molecule has 1 N–H and O–H groups in total. The molecule has 0 radical (unpaired) electrons. The number of ketones is 1. The number of hydrogen-bond acceptors (Lipinski definition) is 2. The number of amides is 1. The van der Waals surface area contributed by atoms with Gasteiger partial charge in [0.15, 0.2) is 5.78 Å². The van der Waals surface area contributed by atoms with Crippen LogP contribution in [0.1, 0.15) is 34.1 Å². The SMILES string of the molecule is O=C(c1ccccc1)[C@@H]1CC(=O)N2CCc3[nH]c4ccccc4c3[C@@H]12. The Morgan fingerprint density at radius 2 is 1.80 bits per heavy atom. The lowest BCUT2D eigenvalue weighted by atomic mass is 9.84. The zero-order valence-electron chi connectivity index (χ0n) is 13.7. The largest absolute Gasteiger partial charge is 0.358 e. The first-order valence-corrected chi connectivity index (χ1v) is 8.72. The van der Waals surface area contributed by atoms with E-state index in [1.807, 2.05) is 47.4 Å². The van der Waals surface area contributed by atoms with Gasteiger partial charge in [-0.25, -0.2) is 0 Å². The van der Waals surface area contributed by atoms with Gasteiger partial charge in [-0.1, -0.05) is 48.5 Å². The lowest BCUT2D eigenvalue weighted by Gasteiger charge is -2.32. The van der Waals surface area contributed by atoms with E-state index in [2.05, 4.69) is 17.1 Å². The van der Waals surface area contributed by atoms with E-state index in [1.54, 1.807) is 0 Å². The van der Waals surface area contributed by atoms with Crippen LogP contribution in [0, 0.1) is 5.92 Å². The Labute approximate surface area is 145 Å². The van der Waals surface area contributed by atoms with E-state index in [4.69, 9.17) is 0 Å². The van der Waals surface area contributed by atoms with E-state index in [0.29, 0.717) is 18.5 Å². The molecule has 0 unspecified atom stereocenters. The third-order valence-electron chi connectivity index (χ3n) is 5.55. The second kappa shape index (κ2) is 5.31. The Bertz CT molecular complexity index is 990. The van der Waals surface area contributed by atoms with Gasteiger partial charge in [0.2, 0.25) is 5.91 Å². The number of hydrogen-bond donors (Lipinski definition) is 1. The van der Waals surface area contributed by atoms with E-state index in [-0.39, 0.29) is 23.7 Å². The fourth-order valence-corrected chi connectivity index (χ4v) is 4.45. The highest BCUT2D eigenvalue weighted by Crippen LogP contribution is 2.46. The fourth-order valence-electron chi connectivity index (χ4n) is 4.45. The summed E-state index contributed by atoms with van der Waals surface area (Å²) in [5.41, 5.74) is 4.08. The highest BCUT2D eigenvalue weighted by atomic mass is 16.2. The second-order valence-electron chi connectivity index (χ2n) is 6.89. The zero-order valence-corrected chi connectivity index (χ0v) is 13.7. The van der Waals surface area contributed by atoms with E-state index in [9.17, 15) is 9.59 Å². The molecule has 4 nitrogen and oxygen atoms in total. The van der Waals surface area contributed by atoms with Gasteiger partial charge in [-0.05, 0) is 6.07 Å². The molecule has 0 saturated carbocycles. The van der Waals surface area contributed by atoms with Crippen molar-refractivity contribution in [3.05, 3.63) is 71.4 Å². The number of nitrogens with zero attached hydrogens (tertiary/aromatic N) is 1. The molecule has 1 amide bonds. The normalized spacial score (nSPS) is 22.1. The monoisotopic (exact) mass is 330 g/mol. The predicted octanol–water partition coefficient (Wildman–Crippen LogP) is 3.50. The molecule has 1 saturated heterocycles. The minimum atomic E-state index is -0.312. The summed E-state index contributed by atoms with van der Waals surface area (Å²) in [6.07, 6.45) is 1.12. The maximum Gasteiger partial charge on any atom is 0.223 e. The number of benzene rings is 2. The summed E-state index contributed by atoms with van der Waals surface area (Å²) >= 11 is 0. The molecular weight excluding hydrogens is 312 g/mol. The number of H-pyrrole nitrogens is 1. The first-order chi connectivity index (χ1) is 12.2. The van der Waals surface area contributed by atoms with E-state index in [1.165, 1.54) is 5.69 Å². The summed E-state index contributed by atoms with van der Waals surface area (Å²) in [6, 6.07) is 17.3. The number of nitrogens with one attached hydrogen (secondary N) is 1. The summed E-state index contributed by atoms with van der Waals surface area (Å²) in [4.78, 5) is 31.1. The van der Waals surface area contributed by atoms with Gasteiger partial charge in [-0.3, -0.25) is 9.59 Å². The number of aromatic nitrogens is 1. The van der Waals surface area contributed by atoms with Gasteiger partial charge < -0.3 is 9.88 Å². The number of carbonyl (C=O) groups excluding carboxylic acids is 2. The predicted molar refractivity (Wildman–Crippen MR) is 95.3 cm³/mol. The molecule has 3 aromatic rings. The van der Waals surface area contributed by atoms with Crippen LogP contribution in [0.15, 0.2) is 54.6 Å². The van der Waals surface area contributed by atoms with Gasteiger partial charge in [0, 0.05) is 47.1 Å². The highest BCUT2D eigenvalue weighted by molar-refractivity contribution is 6.03. The van der Waals surface area contributed by atoms with Gasteiger partial charge >= 0.3 is 0 Å². The minimum Gasteiger partial charge on any atom is -0.358 e. The van der Waals surface area contributed by atoms with Crippen molar-refractivity contribution in [3.63, 3.8) is 0 Å². The van der Waals surface area contributed by atoms with Gasteiger partial charge in [-0.15, -0.1) is 0 Å². The zero-order chi connectivity index (χ0) is 17.0. The Kier molecular flexibility index (Phi) is 3.07. The molecule has 2 aliphatic heterocycles. The van der Waals surface area contributed by atoms with Crippen molar-refractivity contribution in [1.82, 2.24) is 9.88 Å². The summed E-state index contributed by atoms with van der Waals surface area (Å²) in [7, 11) is 0. The van der Waals surface area contributed by atoms with E-state index < -0.39 is 0 Å². The van der Waals surface area contributed by atoms with Crippen molar-refractivity contribution in [3.8, 4) is 0 Å². The van der Waals surface area contributed by atoms with Crippen LogP contribution in [0.3, 0.4) is 0 Å². The molecule has 2 aromatic carbocycles. The maximum absolute atomic E-state index is 13.1. The second-order valence-corrected chi connectivity index (χ2v) is 6.89. The van der Waals surface area contributed by atoms with Crippen molar-refractivity contribution < 1.29 is 9.59 Å². The quantitative estimate of drug-likeness (QED) is 0.731. The number of aromatic amines is 1. The lowest BCUT2D eigenvalue weighted by molar-refractivity contribution is -0.129. The molecule has 4 heteroatoms. The third kappa shape index (κ3) is 2.07. The van der Waals surface area contributed by atoms with Crippen molar-refractivity contribution in [2.45, 2.75) is 18.9 Å². The van der Waals surface area contributed by atoms with Gasteiger partial charge in [0.25, 0.3) is 0 Å². The lowest BCUT2D eigenvalue weighted by Crippen LogP contribution is -2.36. The first-order valence-electron chi connectivity index (χ1n) is 8.72. The van der Waals surface area contributed by atoms with Crippen molar-refractivity contribution in [2.24, 2.45) is 5.92 Å². The smallest absolute Gasteiger partial charge is 0.223 e. The van der Waals surface area contributed by atoms with Gasteiger partial charge in [0.1, 0.15) is 0 Å². The standard InChI is InChI=1S/C21H18N2O2/c24-18-12-15(21(25)13-6-2-1-3-7-13)20-19-14-8-4-5-9-16(14)22-17(19)10-11-23(18)20/h1-9,15,20,22H,10-12H2/t15-,20-/m1/s1. The topological polar surface area (TPSA) is 53.2 Å². The van der Waals surface area contributed by atoms with Crippen LogP contribution in [0.5, 0.6) is 0 Å². The summed E-state index contributed by atoms with van der Waals surface area (Å²) in [5.74, 6) is -0.150. The summed E-state index contributed by atoms with van der Waals surface area (Å²) in [5, 5.41) is 1.13. The van der Waals surface area contributed by atoms with Gasteiger partial charge in [-0.2, -0.15) is 0 Å². The number of rotatable bonds is 2. The molecule has 2 atom stereocenters. The molecule has 5 rings (SSSR count). The molecule has 1 fully saturated rings. The number of fused-ring (bicyclic) bond motifs is 5. The Hall–Kier alpha value is -2.88. The number of Topliss-reactive ketones (excluding diaryl/α,β-unsaturated/α-hetero) is 1. The molecule has 2 aliphatic rings. The van der Waals surface area contributed by atoms with Crippen LogP contribution in [-0.2, 0) is 11.2 Å². The van der Waals surface area contributed by atoms with Crippen LogP contribution in [0.2, 0.25) is 0 Å². The van der Waals surface area contributed by atoms with E-state index in [0.717, 1.165) is 22.9 Å². The van der Waals surface area contributed by atoms with Crippen molar-refractivity contribution in [1.29, 1.82) is 0 Å². The van der Waals surface area contributed by atoms with Crippen LogP contribution in [-0.4, -0.2) is 28.1 Å². The molecule has 25 heavy (non-hydrogen) atoms. The van der Waals surface area contributed by atoms with Crippen LogP contribution in [0.25, 0.3) is 10.9 Å². The Balaban J connectivity index is 1.65. The highest BCUT2D eigenvalue weighted by Gasteiger charge is 2.47. The maximum atomic E-state index is 13.1. The first kappa shape index (κ1) is 14.5.